The number of hydrogen-bond donors (Lipinski definition) is 1. The lowest BCUT2D eigenvalue weighted by atomic mass is 10.1. The molecule has 0 aliphatic heterocycles. The molecule has 0 unspecified atom stereocenters. The number of anilines is 1. The lowest BCUT2D eigenvalue weighted by Gasteiger charge is -2.05. The van der Waals surface area contributed by atoms with Crippen molar-refractivity contribution in [2.24, 2.45) is 0 Å². The van der Waals surface area contributed by atoms with Gasteiger partial charge in [0, 0.05) is 11.8 Å². The minimum Gasteiger partial charge on any atom is -0.496 e. The van der Waals surface area contributed by atoms with Crippen molar-refractivity contribution >= 4 is 44.4 Å². The summed E-state index contributed by atoms with van der Waals surface area (Å²) in [5.74, 6) is 0.588. The van der Waals surface area contributed by atoms with Crippen LogP contribution in [0, 0.1) is 0 Å². The van der Waals surface area contributed by atoms with Crippen molar-refractivity contribution in [3.8, 4) is 5.75 Å². The third kappa shape index (κ3) is 3.84. The van der Waals surface area contributed by atoms with E-state index in [0.29, 0.717) is 0 Å². The molecule has 3 aromatic rings. The van der Waals surface area contributed by atoms with Crippen LogP contribution in [0.5, 0.6) is 5.75 Å². The SMILES string of the molecule is COc1ccc(/C=C/C(=O)Nc2ccc3ccccc3c2)cc1Br. The Kier molecular flexibility index (Phi) is 4.96. The molecule has 24 heavy (non-hydrogen) atoms. The highest BCUT2D eigenvalue weighted by Crippen LogP contribution is 2.26. The molecule has 0 bridgehead atoms. The maximum Gasteiger partial charge on any atom is 0.248 e. The first-order valence-electron chi connectivity index (χ1n) is 7.47. The van der Waals surface area contributed by atoms with Gasteiger partial charge in [0.2, 0.25) is 5.91 Å². The number of hydrogen-bond acceptors (Lipinski definition) is 2. The van der Waals surface area contributed by atoms with Crippen LogP contribution in [0.4, 0.5) is 5.69 Å². The summed E-state index contributed by atoms with van der Waals surface area (Å²) in [5.41, 5.74) is 1.69. The first-order valence-corrected chi connectivity index (χ1v) is 8.26. The molecule has 0 saturated heterocycles. The summed E-state index contributed by atoms with van der Waals surface area (Å²) >= 11 is 3.43. The predicted octanol–water partition coefficient (Wildman–Crippen LogP) is 5.26. The molecule has 0 atom stereocenters. The molecule has 0 saturated carbocycles. The fraction of sp³-hybridized carbons (Fsp3) is 0.0500. The van der Waals surface area contributed by atoms with Crippen molar-refractivity contribution in [1.29, 1.82) is 0 Å². The van der Waals surface area contributed by atoms with Crippen LogP contribution < -0.4 is 10.1 Å². The number of benzene rings is 3. The van der Waals surface area contributed by atoms with Crippen LogP contribution in [-0.4, -0.2) is 13.0 Å². The van der Waals surface area contributed by atoms with E-state index in [2.05, 4.69) is 21.2 Å². The van der Waals surface area contributed by atoms with Gasteiger partial charge in [-0.05, 0) is 62.6 Å². The fourth-order valence-electron chi connectivity index (χ4n) is 2.41. The van der Waals surface area contributed by atoms with E-state index in [1.54, 1.807) is 13.2 Å². The second kappa shape index (κ2) is 7.32. The van der Waals surface area contributed by atoms with Gasteiger partial charge in [0.1, 0.15) is 5.75 Å². The van der Waals surface area contributed by atoms with Gasteiger partial charge >= 0.3 is 0 Å². The van der Waals surface area contributed by atoms with Crippen LogP contribution in [0.25, 0.3) is 16.8 Å². The quantitative estimate of drug-likeness (QED) is 0.625. The van der Waals surface area contributed by atoms with Crippen molar-refractivity contribution < 1.29 is 9.53 Å². The molecule has 3 nitrogen and oxygen atoms in total. The zero-order chi connectivity index (χ0) is 16.9. The minimum absolute atomic E-state index is 0.169. The van der Waals surface area contributed by atoms with Gasteiger partial charge < -0.3 is 10.1 Å². The van der Waals surface area contributed by atoms with Gasteiger partial charge in [-0.25, -0.2) is 0 Å². The zero-order valence-electron chi connectivity index (χ0n) is 13.1. The molecule has 3 aromatic carbocycles. The van der Waals surface area contributed by atoms with Gasteiger partial charge in [-0.3, -0.25) is 4.79 Å². The average molecular weight is 382 g/mol. The first kappa shape index (κ1) is 16.3. The highest BCUT2D eigenvalue weighted by molar-refractivity contribution is 9.10. The molecule has 0 radical (unpaired) electrons. The topological polar surface area (TPSA) is 38.3 Å². The van der Waals surface area contributed by atoms with Gasteiger partial charge in [0.25, 0.3) is 0 Å². The maximum absolute atomic E-state index is 12.1. The smallest absolute Gasteiger partial charge is 0.248 e. The molecule has 0 fully saturated rings. The Morgan fingerprint density at radius 1 is 1.04 bits per heavy atom. The molecule has 0 aliphatic rings. The van der Waals surface area contributed by atoms with E-state index in [1.807, 2.05) is 60.7 Å². The van der Waals surface area contributed by atoms with Gasteiger partial charge in [-0.15, -0.1) is 0 Å². The Labute approximate surface area is 149 Å². The van der Waals surface area contributed by atoms with Gasteiger partial charge in [-0.1, -0.05) is 36.4 Å². The summed E-state index contributed by atoms with van der Waals surface area (Å²) in [4.78, 5) is 12.1. The number of halogens is 1. The Bertz CT molecular complexity index is 918. The summed E-state index contributed by atoms with van der Waals surface area (Å²) in [6, 6.07) is 19.6. The van der Waals surface area contributed by atoms with E-state index < -0.39 is 0 Å². The predicted molar refractivity (Wildman–Crippen MR) is 102 cm³/mol. The van der Waals surface area contributed by atoms with Crippen LogP contribution in [0.3, 0.4) is 0 Å². The molecular weight excluding hydrogens is 366 g/mol. The van der Waals surface area contributed by atoms with E-state index >= 15 is 0 Å². The summed E-state index contributed by atoms with van der Waals surface area (Å²) in [6.45, 7) is 0. The largest absolute Gasteiger partial charge is 0.496 e. The Morgan fingerprint density at radius 3 is 2.58 bits per heavy atom. The van der Waals surface area contributed by atoms with Crippen LogP contribution >= 0.6 is 15.9 Å². The molecule has 1 amide bonds. The molecule has 0 aromatic heterocycles. The Hall–Kier alpha value is -2.59. The number of methoxy groups -OCH3 is 1. The number of ether oxygens (including phenoxy) is 1. The lowest BCUT2D eigenvalue weighted by Crippen LogP contribution is -2.07. The average Bonchev–Trinajstić information content (AvgIpc) is 2.60. The molecule has 4 heteroatoms. The standard InChI is InChI=1S/C20H16BrNO2/c1-24-19-10-6-14(12-18(19)21)7-11-20(23)22-17-9-8-15-4-2-3-5-16(15)13-17/h2-13H,1H3,(H,22,23)/b11-7+. The maximum atomic E-state index is 12.1. The second-order valence-corrected chi connectivity index (χ2v) is 6.13. The Balaban J connectivity index is 1.71. The van der Waals surface area contributed by atoms with E-state index in [4.69, 9.17) is 4.74 Å². The summed E-state index contributed by atoms with van der Waals surface area (Å²) in [5, 5.41) is 5.12. The lowest BCUT2D eigenvalue weighted by molar-refractivity contribution is -0.111. The second-order valence-electron chi connectivity index (χ2n) is 5.28. The van der Waals surface area contributed by atoms with E-state index in [0.717, 1.165) is 32.2 Å². The molecule has 1 N–H and O–H groups in total. The van der Waals surface area contributed by atoms with E-state index in [1.165, 1.54) is 6.08 Å². The van der Waals surface area contributed by atoms with Crippen LogP contribution in [0.2, 0.25) is 0 Å². The van der Waals surface area contributed by atoms with Crippen LogP contribution in [-0.2, 0) is 4.79 Å². The van der Waals surface area contributed by atoms with Crippen LogP contribution in [0.1, 0.15) is 5.56 Å². The van der Waals surface area contributed by atoms with Gasteiger partial charge in [0.15, 0.2) is 0 Å². The molecule has 0 spiro atoms. The number of carbonyl (C=O) groups is 1. The zero-order valence-corrected chi connectivity index (χ0v) is 14.7. The molecule has 0 aliphatic carbocycles. The molecule has 3 rings (SSSR count). The number of rotatable bonds is 4. The number of nitrogens with one attached hydrogen (secondary N) is 1. The first-order chi connectivity index (χ1) is 11.7. The monoisotopic (exact) mass is 381 g/mol. The van der Waals surface area contributed by atoms with Crippen molar-refractivity contribution in [2.45, 2.75) is 0 Å². The number of fused-ring (bicyclic) bond motifs is 1. The Morgan fingerprint density at radius 2 is 1.83 bits per heavy atom. The fourth-order valence-corrected chi connectivity index (χ4v) is 2.97. The molecular formula is C20H16BrNO2. The summed E-state index contributed by atoms with van der Waals surface area (Å²) in [7, 11) is 1.62. The highest BCUT2D eigenvalue weighted by atomic mass is 79.9. The normalized spacial score (nSPS) is 10.9. The summed E-state index contributed by atoms with van der Waals surface area (Å²) < 4.78 is 6.04. The van der Waals surface area contributed by atoms with Crippen molar-refractivity contribution in [3.63, 3.8) is 0 Å². The van der Waals surface area contributed by atoms with Crippen molar-refractivity contribution in [3.05, 3.63) is 76.8 Å². The van der Waals surface area contributed by atoms with Crippen molar-refractivity contribution in [1.82, 2.24) is 0 Å². The summed E-state index contributed by atoms with van der Waals surface area (Å²) in [6.07, 6.45) is 3.28. The molecule has 0 heterocycles. The van der Waals surface area contributed by atoms with Gasteiger partial charge in [0.05, 0.1) is 11.6 Å². The third-order valence-corrected chi connectivity index (χ3v) is 4.24. The third-order valence-electron chi connectivity index (χ3n) is 3.62. The van der Waals surface area contributed by atoms with E-state index in [9.17, 15) is 4.79 Å². The van der Waals surface area contributed by atoms with Gasteiger partial charge in [-0.2, -0.15) is 0 Å². The van der Waals surface area contributed by atoms with Crippen LogP contribution in [0.15, 0.2) is 71.2 Å². The number of carbonyl (C=O) groups excluding carboxylic acids is 1. The molecule has 120 valence electrons. The number of amides is 1. The minimum atomic E-state index is -0.169. The highest BCUT2D eigenvalue weighted by Gasteiger charge is 2.02. The van der Waals surface area contributed by atoms with Crippen molar-refractivity contribution in [2.75, 3.05) is 12.4 Å². The van der Waals surface area contributed by atoms with E-state index in [-0.39, 0.29) is 5.91 Å².